The molecule has 1 fully saturated rings. The molecule has 1 unspecified atom stereocenters. The fourth-order valence-electron chi connectivity index (χ4n) is 3.04. The number of hydrogen-bond donors (Lipinski definition) is 4. The van der Waals surface area contributed by atoms with Crippen molar-refractivity contribution in [3.63, 3.8) is 0 Å². The number of primary amides is 1. The molecule has 6 N–H and O–H groups in total. The Hall–Kier alpha value is -3.00. The van der Waals surface area contributed by atoms with Crippen LogP contribution in [0.4, 0.5) is 17.5 Å². The van der Waals surface area contributed by atoms with Crippen molar-refractivity contribution < 1.29 is 9.59 Å². The Labute approximate surface area is 164 Å². The molecule has 0 radical (unpaired) electrons. The number of Topliss-reactive ketones (excluding diaryl/α,β-unsaturated/α-hetero) is 1. The van der Waals surface area contributed by atoms with E-state index in [2.05, 4.69) is 20.6 Å². The van der Waals surface area contributed by atoms with E-state index < -0.39 is 11.4 Å². The Morgan fingerprint density at radius 2 is 1.93 bits per heavy atom. The van der Waals surface area contributed by atoms with Crippen LogP contribution in [0.15, 0.2) is 30.5 Å². The zero-order chi connectivity index (χ0) is 20.3. The van der Waals surface area contributed by atoms with E-state index in [0.29, 0.717) is 24.2 Å². The van der Waals surface area contributed by atoms with Gasteiger partial charge >= 0.3 is 0 Å². The van der Waals surface area contributed by atoms with Crippen molar-refractivity contribution >= 4 is 29.1 Å². The number of nitrogens with one attached hydrogen (secondary N) is 2. The van der Waals surface area contributed by atoms with Crippen LogP contribution in [0.5, 0.6) is 0 Å². The molecule has 3 rings (SSSR count). The van der Waals surface area contributed by atoms with Gasteiger partial charge in [0.25, 0.3) is 5.91 Å². The molecule has 2 aromatic rings. The molecule has 1 amide bonds. The van der Waals surface area contributed by atoms with E-state index in [0.717, 1.165) is 30.5 Å². The summed E-state index contributed by atoms with van der Waals surface area (Å²) < 4.78 is 0. The smallest absolute Gasteiger partial charge is 0.254 e. The van der Waals surface area contributed by atoms with Crippen LogP contribution in [0.3, 0.4) is 0 Å². The summed E-state index contributed by atoms with van der Waals surface area (Å²) in [6.45, 7) is 3.51. The van der Waals surface area contributed by atoms with E-state index in [9.17, 15) is 9.59 Å². The van der Waals surface area contributed by atoms with Crippen LogP contribution in [-0.2, 0) is 10.3 Å². The number of amides is 1. The van der Waals surface area contributed by atoms with Gasteiger partial charge in [0, 0.05) is 24.3 Å². The maximum Gasteiger partial charge on any atom is 0.254 e. The number of aromatic nitrogens is 2. The number of nitrogens with zero attached hydrogens (tertiary/aromatic N) is 2. The first-order valence-electron chi connectivity index (χ1n) is 9.44. The van der Waals surface area contributed by atoms with Crippen molar-refractivity contribution in [3.05, 3.63) is 41.6 Å². The molecule has 8 nitrogen and oxygen atoms in total. The lowest BCUT2D eigenvalue weighted by Gasteiger charge is -2.27. The van der Waals surface area contributed by atoms with Crippen LogP contribution in [-0.4, -0.2) is 27.7 Å². The maximum atomic E-state index is 12.0. The predicted octanol–water partition coefficient (Wildman–Crippen LogP) is 2.44. The molecule has 0 spiro atoms. The highest BCUT2D eigenvalue weighted by atomic mass is 16.1. The molecule has 1 atom stereocenters. The monoisotopic (exact) mass is 382 g/mol. The third-order valence-electron chi connectivity index (χ3n) is 5.14. The molecule has 1 saturated carbocycles. The summed E-state index contributed by atoms with van der Waals surface area (Å²) >= 11 is 0. The van der Waals surface area contributed by atoms with Gasteiger partial charge in [0.05, 0.1) is 11.1 Å². The lowest BCUT2D eigenvalue weighted by Crippen LogP contribution is -2.41. The fraction of sp³-hybridized carbons (Fsp3) is 0.400. The lowest BCUT2D eigenvalue weighted by atomic mass is 9.87. The molecule has 148 valence electrons. The summed E-state index contributed by atoms with van der Waals surface area (Å²) in [6, 6.07) is 7.54. The minimum Gasteiger partial charge on any atom is -0.367 e. The largest absolute Gasteiger partial charge is 0.367 e. The molecule has 1 aromatic carbocycles. The van der Waals surface area contributed by atoms with Crippen molar-refractivity contribution in [1.82, 2.24) is 9.97 Å². The van der Waals surface area contributed by atoms with Crippen molar-refractivity contribution in [3.8, 4) is 0 Å². The van der Waals surface area contributed by atoms with Crippen molar-refractivity contribution in [1.29, 1.82) is 0 Å². The van der Waals surface area contributed by atoms with Gasteiger partial charge in [-0.2, -0.15) is 4.98 Å². The summed E-state index contributed by atoms with van der Waals surface area (Å²) in [5, 5.41) is 6.36. The Kier molecular flexibility index (Phi) is 5.60. The third kappa shape index (κ3) is 4.12. The first kappa shape index (κ1) is 19.8. The van der Waals surface area contributed by atoms with Gasteiger partial charge in [-0.15, -0.1) is 0 Å². The van der Waals surface area contributed by atoms with Gasteiger partial charge in [0.2, 0.25) is 5.95 Å². The number of benzene rings is 1. The Bertz CT molecular complexity index is 875. The topological polar surface area (TPSA) is 136 Å². The second kappa shape index (κ2) is 7.93. The quantitative estimate of drug-likeness (QED) is 0.550. The first-order chi connectivity index (χ1) is 13.3. The van der Waals surface area contributed by atoms with Gasteiger partial charge in [-0.05, 0) is 43.9 Å². The van der Waals surface area contributed by atoms with Crippen molar-refractivity contribution in [2.75, 3.05) is 10.6 Å². The number of ketones is 1. The second-order valence-electron chi connectivity index (χ2n) is 7.27. The van der Waals surface area contributed by atoms with E-state index in [1.54, 1.807) is 26.0 Å². The zero-order valence-electron chi connectivity index (χ0n) is 16.2. The number of hydrogen-bond acceptors (Lipinski definition) is 7. The van der Waals surface area contributed by atoms with Gasteiger partial charge in [-0.1, -0.05) is 19.1 Å². The van der Waals surface area contributed by atoms with E-state index >= 15 is 0 Å². The molecule has 0 bridgehead atoms. The molecular weight excluding hydrogens is 356 g/mol. The van der Waals surface area contributed by atoms with Gasteiger partial charge in [0.15, 0.2) is 5.78 Å². The van der Waals surface area contributed by atoms with Crippen LogP contribution in [0.25, 0.3) is 0 Å². The SMILES string of the molecule is CCC(=O)C(C)(N)c1ccc(Nc2ncc(C(N)=O)c(NC3CCC3)n2)cc1. The van der Waals surface area contributed by atoms with Crippen LogP contribution in [0.2, 0.25) is 0 Å². The number of carbonyl (C=O) groups is 2. The Morgan fingerprint density at radius 1 is 1.25 bits per heavy atom. The van der Waals surface area contributed by atoms with Crippen molar-refractivity contribution in [2.45, 2.75) is 51.1 Å². The standard InChI is InChI=1S/C20H26N6O2/c1-3-16(27)20(2,22)12-7-9-14(10-8-12)25-19-23-11-15(17(21)28)18(26-19)24-13-5-4-6-13/h7-11,13H,3-6,22H2,1-2H3,(H2,21,28)(H2,23,24,25,26). The number of nitrogens with two attached hydrogens (primary N) is 2. The van der Waals surface area contributed by atoms with Gasteiger partial charge in [-0.25, -0.2) is 4.98 Å². The summed E-state index contributed by atoms with van der Waals surface area (Å²) in [4.78, 5) is 32.3. The van der Waals surface area contributed by atoms with Crippen molar-refractivity contribution in [2.24, 2.45) is 11.5 Å². The molecule has 0 aliphatic heterocycles. The van der Waals surface area contributed by atoms with E-state index in [-0.39, 0.29) is 11.3 Å². The molecule has 8 heteroatoms. The van der Waals surface area contributed by atoms with Gasteiger partial charge < -0.3 is 22.1 Å². The minimum absolute atomic E-state index is 0.0229. The van der Waals surface area contributed by atoms with Crippen LogP contribution in [0.1, 0.15) is 55.5 Å². The summed E-state index contributed by atoms with van der Waals surface area (Å²) in [5.41, 5.74) is 12.3. The fourth-order valence-corrected chi connectivity index (χ4v) is 3.04. The molecular formula is C20H26N6O2. The number of rotatable bonds is 8. The summed E-state index contributed by atoms with van der Waals surface area (Å²) in [7, 11) is 0. The van der Waals surface area contributed by atoms with E-state index in [4.69, 9.17) is 11.5 Å². The molecule has 1 aromatic heterocycles. The summed E-state index contributed by atoms with van der Waals surface area (Å²) in [5.74, 6) is 0.194. The van der Waals surface area contributed by atoms with Crippen LogP contribution < -0.4 is 22.1 Å². The third-order valence-corrected chi connectivity index (χ3v) is 5.14. The minimum atomic E-state index is -1.02. The molecule has 1 aliphatic rings. The lowest BCUT2D eigenvalue weighted by molar-refractivity contribution is -0.123. The van der Waals surface area contributed by atoms with E-state index in [1.807, 2.05) is 12.1 Å². The molecule has 28 heavy (non-hydrogen) atoms. The maximum absolute atomic E-state index is 12.0. The first-order valence-corrected chi connectivity index (χ1v) is 9.44. The Morgan fingerprint density at radius 3 is 2.46 bits per heavy atom. The average molecular weight is 382 g/mol. The van der Waals surface area contributed by atoms with E-state index in [1.165, 1.54) is 6.20 Å². The van der Waals surface area contributed by atoms with Crippen LogP contribution in [0, 0.1) is 0 Å². The predicted molar refractivity (Wildman–Crippen MR) is 108 cm³/mol. The second-order valence-corrected chi connectivity index (χ2v) is 7.27. The molecule has 1 heterocycles. The normalized spacial score (nSPS) is 16.0. The summed E-state index contributed by atoms with van der Waals surface area (Å²) in [6.07, 6.45) is 5.04. The molecule has 1 aliphatic carbocycles. The number of carbonyl (C=O) groups excluding carboxylic acids is 2. The highest BCUT2D eigenvalue weighted by molar-refractivity contribution is 5.97. The average Bonchev–Trinajstić information content (AvgIpc) is 2.64. The highest BCUT2D eigenvalue weighted by Crippen LogP contribution is 2.26. The van der Waals surface area contributed by atoms with Gasteiger partial charge in [-0.3, -0.25) is 9.59 Å². The highest BCUT2D eigenvalue weighted by Gasteiger charge is 2.28. The number of anilines is 3. The zero-order valence-corrected chi connectivity index (χ0v) is 16.2. The Balaban J connectivity index is 1.78. The molecule has 0 saturated heterocycles. The van der Waals surface area contributed by atoms with Crippen LogP contribution >= 0.6 is 0 Å². The van der Waals surface area contributed by atoms with Gasteiger partial charge in [0.1, 0.15) is 5.82 Å².